The maximum atomic E-state index is 12.3. The number of ether oxygens (including phenoxy) is 4. The van der Waals surface area contributed by atoms with E-state index in [1.54, 1.807) is 18.2 Å². The Morgan fingerprint density at radius 1 is 1.08 bits per heavy atom. The number of carbonyl (C=O) groups is 1. The molecule has 0 aliphatic carbocycles. The second kappa shape index (κ2) is 6.69. The minimum absolute atomic E-state index is 0.0914. The molecule has 2 aliphatic rings. The van der Waals surface area contributed by atoms with Crippen LogP contribution in [0.5, 0.6) is 17.2 Å². The minimum atomic E-state index is -0.416. The van der Waals surface area contributed by atoms with Crippen LogP contribution in [0.15, 0.2) is 42.0 Å². The third kappa shape index (κ3) is 3.28. The third-order valence-corrected chi connectivity index (χ3v) is 4.20. The first-order valence-corrected chi connectivity index (χ1v) is 8.26. The monoisotopic (exact) mass is 358 g/mol. The molecule has 6 heteroatoms. The van der Waals surface area contributed by atoms with Gasteiger partial charge in [-0.1, -0.05) is 29.8 Å². The van der Waals surface area contributed by atoms with Gasteiger partial charge in [0.2, 0.25) is 0 Å². The van der Waals surface area contributed by atoms with Gasteiger partial charge in [0, 0.05) is 5.56 Å². The van der Waals surface area contributed by atoms with Crippen molar-refractivity contribution in [3.8, 4) is 17.2 Å². The summed E-state index contributed by atoms with van der Waals surface area (Å²) in [6, 6.07) is 11.0. The Balaban J connectivity index is 1.46. The first-order valence-electron chi connectivity index (χ1n) is 7.88. The van der Waals surface area contributed by atoms with Crippen molar-refractivity contribution in [2.45, 2.75) is 6.61 Å². The lowest BCUT2D eigenvalue weighted by Gasteiger charge is -2.20. The molecule has 0 saturated heterocycles. The Kier molecular flexibility index (Phi) is 4.24. The summed E-state index contributed by atoms with van der Waals surface area (Å²) in [5.41, 5.74) is 2.07. The molecule has 0 fully saturated rings. The summed E-state index contributed by atoms with van der Waals surface area (Å²) < 4.78 is 22.0. The Bertz CT molecular complexity index is 859. The first kappa shape index (κ1) is 15.8. The molecule has 2 aromatic carbocycles. The number of para-hydroxylation sites is 1. The van der Waals surface area contributed by atoms with Crippen LogP contribution in [0.1, 0.15) is 11.1 Å². The summed E-state index contributed by atoms with van der Waals surface area (Å²) in [7, 11) is 0. The molecule has 0 atom stereocenters. The van der Waals surface area contributed by atoms with E-state index in [2.05, 4.69) is 0 Å². The molecule has 0 aromatic heterocycles. The summed E-state index contributed by atoms with van der Waals surface area (Å²) in [5.74, 6) is 1.44. The lowest BCUT2D eigenvalue weighted by Crippen LogP contribution is -2.18. The minimum Gasteiger partial charge on any atom is -0.488 e. The van der Waals surface area contributed by atoms with Crippen LogP contribution in [0.25, 0.3) is 6.08 Å². The van der Waals surface area contributed by atoms with Crippen LogP contribution in [0.2, 0.25) is 5.02 Å². The van der Waals surface area contributed by atoms with Crippen molar-refractivity contribution in [2.75, 3.05) is 19.8 Å². The normalized spacial score (nSPS) is 14.8. The van der Waals surface area contributed by atoms with Gasteiger partial charge in [-0.2, -0.15) is 0 Å². The van der Waals surface area contributed by atoms with Gasteiger partial charge >= 0.3 is 5.97 Å². The highest BCUT2D eigenvalue weighted by Crippen LogP contribution is 2.38. The van der Waals surface area contributed by atoms with Crippen LogP contribution < -0.4 is 14.2 Å². The lowest BCUT2D eigenvalue weighted by molar-refractivity contribution is -0.140. The Morgan fingerprint density at radius 3 is 2.84 bits per heavy atom. The van der Waals surface area contributed by atoms with Crippen LogP contribution >= 0.6 is 11.6 Å². The fourth-order valence-electron chi connectivity index (χ4n) is 2.72. The maximum absolute atomic E-state index is 12.3. The zero-order valence-electron chi connectivity index (χ0n) is 13.3. The van der Waals surface area contributed by atoms with Crippen molar-refractivity contribution in [3.63, 3.8) is 0 Å². The zero-order valence-corrected chi connectivity index (χ0v) is 14.0. The Hall–Kier alpha value is -2.66. The zero-order chi connectivity index (χ0) is 17.2. The van der Waals surface area contributed by atoms with Crippen molar-refractivity contribution in [3.05, 3.63) is 58.1 Å². The average Bonchev–Trinajstić information content (AvgIpc) is 2.66. The molecular weight excluding hydrogens is 344 g/mol. The molecule has 0 N–H and O–H groups in total. The molecule has 0 amide bonds. The summed E-state index contributed by atoms with van der Waals surface area (Å²) in [5, 5.41) is 0.442. The largest absolute Gasteiger partial charge is 0.488 e. The SMILES string of the molecule is O=C(OCc1cc(Cl)c2c(c1)OCCO2)C1=Cc2ccccc2OC1. The molecule has 0 spiro atoms. The predicted octanol–water partition coefficient (Wildman–Crippen LogP) is 3.63. The molecule has 2 heterocycles. The van der Waals surface area contributed by atoms with Gasteiger partial charge in [0.25, 0.3) is 0 Å². The lowest BCUT2D eigenvalue weighted by atomic mass is 10.1. The average molecular weight is 359 g/mol. The summed E-state index contributed by atoms with van der Waals surface area (Å²) in [4.78, 5) is 12.3. The number of fused-ring (bicyclic) bond motifs is 2. The van der Waals surface area contributed by atoms with Gasteiger partial charge in [-0.3, -0.25) is 0 Å². The molecular formula is C19H15ClO5. The number of rotatable bonds is 3. The molecule has 25 heavy (non-hydrogen) atoms. The van der Waals surface area contributed by atoms with Gasteiger partial charge in [0.1, 0.15) is 32.2 Å². The maximum Gasteiger partial charge on any atom is 0.337 e. The van der Waals surface area contributed by atoms with Gasteiger partial charge in [-0.15, -0.1) is 0 Å². The quantitative estimate of drug-likeness (QED) is 0.784. The van der Waals surface area contributed by atoms with E-state index in [4.69, 9.17) is 30.5 Å². The molecule has 2 aliphatic heterocycles. The Labute approximate surface area is 149 Å². The van der Waals surface area contributed by atoms with E-state index in [9.17, 15) is 4.79 Å². The highest BCUT2D eigenvalue weighted by molar-refractivity contribution is 6.32. The molecule has 0 radical (unpaired) electrons. The van der Waals surface area contributed by atoms with E-state index < -0.39 is 5.97 Å². The topological polar surface area (TPSA) is 54.0 Å². The molecule has 0 saturated carbocycles. The number of hydrogen-bond donors (Lipinski definition) is 0. The highest BCUT2D eigenvalue weighted by atomic mass is 35.5. The molecule has 2 aromatic rings. The standard InChI is InChI=1S/C19H15ClO5/c20-15-7-12(8-17-18(15)23-6-5-22-17)10-25-19(21)14-9-13-3-1-2-4-16(13)24-11-14/h1-4,7-9H,5-6,10-11H2. The smallest absolute Gasteiger partial charge is 0.337 e. The third-order valence-electron chi connectivity index (χ3n) is 3.92. The van der Waals surface area contributed by atoms with Gasteiger partial charge in [-0.25, -0.2) is 4.79 Å². The van der Waals surface area contributed by atoms with E-state index in [0.717, 1.165) is 16.9 Å². The number of esters is 1. The number of halogens is 1. The first-order chi connectivity index (χ1) is 12.2. The van der Waals surface area contributed by atoms with Crippen LogP contribution in [-0.4, -0.2) is 25.8 Å². The summed E-state index contributed by atoms with van der Waals surface area (Å²) >= 11 is 6.19. The second-order valence-corrected chi connectivity index (χ2v) is 6.08. The molecule has 4 rings (SSSR count). The number of carbonyl (C=O) groups excluding carboxylic acids is 1. The molecule has 5 nitrogen and oxygen atoms in total. The summed E-state index contributed by atoms with van der Waals surface area (Å²) in [6.07, 6.45) is 1.79. The van der Waals surface area contributed by atoms with Crippen LogP contribution in [-0.2, 0) is 16.1 Å². The van der Waals surface area contributed by atoms with Crippen LogP contribution in [0.3, 0.4) is 0 Å². The van der Waals surface area contributed by atoms with Crippen molar-refractivity contribution in [1.82, 2.24) is 0 Å². The fourth-order valence-corrected chi connectivity index (χ4v) is 3.01. The van der Waals surface area contributed by atoms with Gasteiger partial charge in [-0.05, 0) is 29.8 Å². The van der Waals surface area contributed by atoms with Gasteiger partial charge in [0.05, 0.1) is 10.6 Å². The Morgan fingerprint density at radius 2 is 1.92 bits per heavy atom. The second-order valence-electron chi connectivity index (χ2n) is 5.67. The molecule has 128 valence electrons. The van der Waals surface area contributed by atoms with E-state index in [-0.39, 0.29) is 13.2 Å². The van der Waals surface area contributed by atoms with E-state index >= 15 is 0 Å². The molecule has 0 bridgehead atoms. The summed E-state index contributed by atoms with van der Waals surface area (Å²) in [6.45, 7) is 1.22. The van der Waals surface area contributed by atoms with Crippen molar-refractivity contribution in [2.24, 2.45) is 0 Å². The van der Waals surface area contributed by atoms with Gasteiger partial charge < -0.3 is 18.9 Å². The van der Waals surface area contributed by atoms with E-state index in [1.807, 2.05) is 24.3 Å². The fraction of sp³-hybridized carbons (Fsp3) is 0.211. The molecule has 0 unspecified atom stereocenters. The van der Waals surface area contributed by atoms with Crippen molar-refractivity contribution < 1.29 is 23.7 Å². The number of benzene rings is 2. The highest BCUT2D eigenvalue weighted by Gasteiger charge is 2.20. The van der Waals surface area contributed by atoms with Crippen molar-refractivity contribution in [1.29, 1.82) is 0 Å². The number of hydrogen-bond acceptors (Lipinski definition) is 5. The van der Waals surface area contributed by atoms with E-state index in [1.165, 1.54) is 0 Å². The van der Waals surface area contributed by atoms with Gasteiger partial charge in [0.15, 0.2) is 11.5 Å². The predicted molar refractivity (Wildman–Crippen MR) is 92.2 cm³/mol. The van der Waals surface area contributed by atoms with E-state index in [0.29, 0.717) is 35.3 Å². The van der Waals surface area contributed by atoms with Crippen LogP contribution in [0, 0.1) is 0 Å². The van der Waals surface area contributed by atoms with Crippen LogP contribution in [0.4, 0.5) is 0 Å². The van der Waals surface area contributed by atoms with Crippen molar-refractivity contribution >= 4 is 23.6 Å².